The number of nitrogens with one attached hydrogen (secondary N) is 1. The van der Waals surface area contributed by atoms with Crippen molar-refractivity contribution in [1.82, 2.24) is 5.43 Å². The van der Waals surface area contributed by atoms with Crippen LogP contribution < -0.4 is 10.2 Å². The zero-order valence-electron chi connectivity index (χ0n) is 15.1. The van der Waals surface area contributed by atoms with Crippen molar-refractivity contribution >= 4 is 18.1 Å². The molecule has 0 heterocycles. The van der Waals surface area contributed by atoms with Crippen LogP contribution in [0.5, 0.6) is 5.75 Å². The molecule has 0 aliphatic carbocycles. The van der Waals surface area contributed by atoms with Gasteiger partial charge in [0.1, 0.15) is 5.75 Å². The van der Waals surface area contributed by atoms with Gasteiger partial charge in [0, 0.05) is 0 Å². The van der Waals surface area contributed by atoms with Crippen LogP contribution in [-0.4, -0.2) is 31.3 Å². The standard InChI is InChI=1S/C20H22N2O4/c1-4-25-20(24)16-7-9-18(10-8-16)26-13-19(23)22-21-12-17-6-5-14(2)11-15(17)3/h5-12H,4,13H2,1-3H3,(H,22,23). The summed E-state index contributed by atoms with van der Waals surface area (Å²) in [4.78, 5) is 23.3. The van der Waals surface area contributed by atoms with Crippen LogP contribution in [-0.2, 0) is 9.53 Å². The second-order valence-corrected chi connectivity index (χ2v) is 5.69. The lowest BCUT2D eigenvalue weighted by Crippen LogP contribution is -2.24. The molecular weight excluding hydrogens is 332 g/mol. The van der Waals surface area contributed by atoms with Crippen LogP contribution in [0.25, 0.3) is 0 Å². The van der Waals surface area contributed by atoms with E-state index >= 15 is 0 Å². The van der Waals surface area contributed by atoms with E-state index < -0.39 is 5.97 Å². The average Bonchev–Trinajstić information content (AvgIpc) is 2.62. The second kappa shape index (κ2) is 9.36. The first kappa shape index (κ1) is 19.2. The summed E-state index contributed by atoms with van der Waals surface area (Å²) in [7, 11) is 0. The van der Waals surface area contributed by atoms with Crippen LogP contribution >= 0.6 is 0 Å². The van der Waals surface area contributed by atoms with Gasteiger partial charge in [-0.05, 0) is 56.2 Å². The van der Waals surface area contributed by atoms with Gasteiger partial charge in [-0.3, -0.25) is 4.79 Å². The summed E-state index contributed by atoms with van der Waals surface area (Å²) in [5.74, 6) is -0.287. The Labute approximate surface area is 152 Å². The van der Waals surface area contributed by atoms with Crippen LogP contribution in [0.2, 0.25) is 0 Å². The number of nitrogens with zero attached hydrogens (tertiary/aromatic N) is 1. The Morgan fingerprint density at radius 3 is 2.50 bits per heavy atom. The third-order valence-electron chi connectivity index (χ3n) is 3.55. The molecule has 0 aliphatic heterocycles. The van der Waals surface area contributed by atoms with Gasteiger partial charge in [0.15, 0.2) is 6.61 Å². The molecule has 1 N–H and O–H groups in total. The fourth-order valence-corrected chi connectivity index (χ4v) is 2.23. The van der Waals surface area contributed by atoms with E-state index in [0.29, 0.717) is 17.9 Å². The predicted octanol–water partition coefficient (Wildman–Crippen LogP) is 3.01. The monoisotopic (exact) mass is 354 g/mol. The Kier molecular flexibility index (Phi) is 6.91. The smallest absolute Gasteiger partial charge is 0.338 e. The van der Waals surface area contributed by atoms with E-state index in [9.17, 15) is 9.59 Å². The van der Waals surface area contributed by atoms with Crippen molar-refractivity contribution in [2.75, 3.05) is 13.2 Å². The molecule has 0 fully saturated rings. The van der Waals surface area contributed by atoms with E-state index in [1.165, 1.54) is 5.56 Å². The van der Waals surface area contributed by atoms with Crippen molar-refractivity contribution in [3.05, 3.63) is 64.7 Å². The number of amides is 1. The van der Waals surface area contributed by atoms with Gasteiger partial charge in [-0.2, -0.15) is 5.10 Å². The predicted molar refractivity (Wildman–Crippen MR) is 99.5 cm³/mol. The van der Waals surface area contributed by atoms with E-state index in [-0.39, 0.29) is 12.5 Å². The summed E-state index contributed by atoms with van der Waals surface area (Å²) in [6.45, 7) is 5.89. The zero-order valence-corrected chi connectivity index (χ0v) is 15.1. The maximum absolute atomic E-state index is 11.8. The lowest BCUT2D eigenvalue weighted by molar-refractivity contribution is -0.123. The van der Waals surface area contributed by atoms with Gasteiger partial charge in [0.25, 0.3) is 5.91 Å². The van der Waals surface area contributed by atoms with Gasteiger partial charge in [-0.25, -0.2) is 10.2 Å². The summed E-state index contributed by atoms with van der Waals surface area (Å²) >= 11 is 0. The quantitative estimate of drug-likeness (QED) is 0.471. The van der Waals surface area contributed by atoms with Gasteiger partial charge in [0.05, 0.1) is 18.4 Å². The van der Waals surface area contributed by atoms with Gasteiger partial charge in [0.2, 0.25) is 0 Å². The number of hydrogen-bond donors (Lipinski definition) is 1. The first-order valence-electron chi connectivity index (χ1n) is 8.28. The van der Waals surface area contributed by atoms with Gasteiger partial charge >= 0.3 is 5.97 Å². The molecular formula is C20H22N2O4. The van der Waals surface area contributed by atoms with Crippen LogP contribution in [0.3, 0.4) is 0 Å². The minimum atomic E-state index is -0.391. The summed E-state index contributed by atoms with van der Waals surface area (Å²) in [6.07, 6.45) is 1.60. The van der Waals surface area contributed by atoms with Crippen LogP contribution in [0, 0.1) is 13.8 Å². The van der Waals surface area contributed by atoms with Crippen molar-refractivity contribution in [1.29, 1.82) is 0 Å². The fraction of sp³-hybridized carbons (Fsp3) is 0.250. The number of carbonyl (C=O) groups is 2. The first-order valence-corrected chi connectivity index (χ1v) is 8.28. The molecule has 2 aromatic carbocycles. The number of hydrazone groups is 1. The lowest BCUT2D eigenvalue weighted by Gasteiger charge is -2.06. The highest BCUT2D eigenvalue weighted by atomic mass is 16.5. The number of hydrogen-bond acceptors (Lipinski definition) is 5. The molecule has 0 saturated heterocycles. The van der Waals surface area contributed by atoms with E-state index in [4.69, 9.17) is 9.47 Å². The van der Waals surface area contributed by atoms with Gasteiger partial charge < -0.3 is 9.47 Å². The number of carbonyl (C=O) groups excluding carboxylic acids is 2. The number of benzene rings is 2. The molecule has 136 valence electrons. The van der Waals surface area contributed by atoms with Crippen molar-refractivity contribution in [3.63, 3.8) is 0 Å². The normalized spacial score (nSPS) is 10.6. The molecule has 0 radical (unpaired) electrons. The minimum Gasteiger partial charge on any atom is -0.484 e. The molecule has 2 rings (SSSR count). The summed E-state index contributed by atoms with van der Waals surface area (Å²) in [6, 6.07) is 12.4. The summed E-state index contributed by atoms with van der Waals surface area (Å²) < 4.78 is 10.3. The molecule has 0 bridgehead atoms. The Balaban J connectivity index is 1.81. The summed E-state index contributed by atoms with van der Waals surface area (Å²) in [5, 5.41) is 3.94. The molecule has 6 nitrogen and oxygen atoms in total. The fourth-order valence-electron chi connectivity index (χ4n) is 2.23. The molecule has 0 unspecified atom stereocenters. The number of rotatable bonds is 7. The van der Waals surface area contributed by atoms with Gasteiger partial charge in [-0.15, -0.1) is 0 Å². The number of aryl methyl sites for hydroxylation is 2. The molecule has 0 saturated carbocycles. The Morgan fingerprint density at radius 2 is 1.85 bits per heavy atom. The molecule has 6 heteroatoms. The average molecular weight is 354 g/mol. The molecule has 0 aromatic heterocycles. The molecule has 0 atom stereocenters. The van der Waals surface area contributed by atoms with Gasteiger partial charge in [-0.1, -0.05) is 23.8 Å². The second-order valence-electron chi connectivity index (χ2n) is 5.69. The maximum Gasteiger partial charge on any atom is 0.338 e. The number of esters is 1. The third kappa shape index (κ3) is 5.73. The Bertz CT molecular complexity index is 798. The van der Waals surface area contributed by atoms with Crippen molar-refractivity contribution in [2.24, 2.45) is 5.10 Å². The molecule has 0 aliphatic rings. The van der Waals surface area contributed by atoms with E-state index in [1.54, 1.807) is 37.4 Å². The first-order chi connectivity index (χ1) is 12.5. The SMILES string of the molecule is CCOC(=O)c1ccc(OCC(=O)NN=Cc2ccc(C)cc2C)cc1. The lowest BCUT2D eigenvalue weighted by atomic mass is 10.1. The highest BCUT2D eigenvalue weighted by Crippen LogP contribution is 2.13. The largest absolute Gasteiger partial charge is 0.484 e. The topological polar surface area (TPSA) is 77.0 Å². The number of ether oxygens (including phenoxy) is 2. The van der Waals surface area contributed by atoms with Crippen LogP contribution in [0.15, 0.2) is 47.6 Å². The highest BCUT2D eigenvalue weighted by Gasteiger charge is 2.07. The minimum absolute atomic E-state index is 0.178. The van der Waals surface area contributed by atoms with E-state index in [0.717, 1.165) is 11.1 Å². The van der Waals surface area contributed by atoms with Crippen molar-refractivity contribution in [3.8, 4) is 5.75 Å². The zero-order chi connectivity index (χ0) is 18.9. The molecule has 0 spiro atoms. The summed E-state index contributed by atoms with van der Waals surface area (Å²) in [5.41, 5.74) is 6.05. The van der Waals surface area contributed by atoms with Crippen molar-refractivity contribution < 1.29 is 19.1 Å². The Morgan fingerprint density at radius 1 is 1.12 bits per heavy atom. The maximum atomic E-state index is 11.8. The molecule has 1 amide bonds. The van der Waals surface area contributed by atoms with Crippen molar-refractivity contribution in [2.45, 2.75) is 20.8 Å². The third-order valence-corrected chi connectivity index (χ3v) is 3.55. The highest BCUT2D eigenvalue weighted by molar-refractivity contribution is 5.89. The van der Waals surface area contributed by atoms with E-state index in [2.05, 4.69) is 10.5 Å². The molecule has 2 aromatic rings. The molecule has 26 heavy (non-hydrogen) atoms. The van der Waals surface area contributed by atoms with Crippen LogP contribution in [0.4, 0.5) is 0 Å². The Hall–Kier alpha value is -3.15. The van der Waals surface area contributed by atoms with E-state index in [1.807, 2.05) is 32.0 Å². The van der Waals surface area contributed by atoms with Crippen LogP contribution in [0.1, 0.15) is 34.0 Å².